The van der Waals surface area contributed by atoms with E-state index in [0.717, 1.165) is 23.1 Å². The molecule has 0 aromatic heterocycles. The zero-order valence-electron chi connectivity index (χ0n) is 10.4. The number of Topliss-reactive ketones (excluding diaryl/α,β-unsaturated/α-hetero) is 1. The molecule has 1 nitrogen and oxygen atoms in total. The van der Waals surface area contributed by atoms with Crippen LogP contribution in [0.15, 0.2) is 47.4 Å². The van der Waals surface area contributed by atoms with Crippen molar-refractivity contribution < 1.29 is 13.6 Å². The first-order valence-electron chi connectivity index (χ1n) is 5.89. The second-order valence-electron chi connectivity index (χ2n) is 4.17. The molecule has 0 unspecified atom stereocenters. The average molecular weight is 313 g/mol. The van der Waals surface area contributed by atoms with Crippen molar-refractivity contribution in [3.05, 3.63) is 64.7 Å². The minimum atomic E-state index is -0.567. The third-order valence-corrected chi connectivity index (χ3v) is 4.20. The quantitative estimate of drug-likeness (QED) is 0.755. The number of halogens is 3. The molecule has 2 aromatic rings. The molecule has 0 fully saturated rings. The number of benzene rings is 2. The summed E-state index contributed by atoms with van der Waals surface area (Å²) in [5.41, 5.74) is 0.0785. The van der Waals surface area contributed by atoms with Gasteiger partial charge < -0.3 is 0 Å². The third kappa shape index (κ3) is 4.05. The lowest BCUT2D eigenvalue weighted by molar-refractivity contribution is -0.116. The van der Waals surface area contributed by atoms with Gasteiger partial charge in [-0.3, -0.25) is 4.79 Å². The van der Waals surface area contributed by atoms with Crippen molar-refractivity contribution >= 4 is 29.1 Å². The van der Waals surface area contributed by atoms with Gasteiger partial charge in [-0.15, -0.1) is 11.8 Å². The Labute approximate surface area is 125 Å². The molecule has 104 valence electrons. The van der Waals surface area contributed by atoms with Crippen LogP contribution in [0.25, 0.3) is 0 Å². The summed E-state index contributed by atoms with van der Waals surface area (Å²) in [4.78, 5) is 12.6. The van der Waals surface area contributed by atoms with E-state index < -0.39 is 11.6 Å². The number of hydrogen-bond donors (Lipinski definition) is 0. The molecule has 0 aliphatic heterocycles. The van der Waals surface area contributed by atoms with Crippen LogP contribution in [0.2, 0.25) is 5.02 Å². The zero-order valence-corrected chi connectivity index (χ0v) is 12.0. The van der Waals surface area contributed by atoms with E-state index in [2.05, 4.69) is 0 Å². The van der Waals surface area contributed by atoms with Crippen molar-refractivity contribution in [2.24, 2.45) is 0 Å². The summed E-state index contributed by atoms with van der Waals surface area (Å²) in [5, 5.41) is 0.572. The fourth-order valence-electron chi connectivity index (χ4n) is 1.66. The molecule has 0 saturated carbocycles. The van der Waals surface area contributed by atoms with Gasteiger partial charge in [0.05, 0.1) is 10.8 Å². The summed E-state index contributed by atoms with van der Waals surface area (Å²) < 4.78 is 26.4. The molecule has 5 heteroatoms. The van der Waals surface area contributed by atoms with Crippen LogP contribution in [0.3, 0.4) is 0 Å². The molecule has 20 heavy (non-hydrogen) atoms. The molecule has 0 radical (unpaired) electrons. The largest absolute Gasteiger partial charge is 0.298 e. The van der Waals surface area contributed by atoms with Gasteiger partial charge in [0, 0.05) is 11.3 Å². The fraction of sp³-hybridized carbons (Fsp3) is 0.133. The van der Waals surface area contributed by atoms with Crippen molar-refractivity contribution in [3.8, 4) is 0 Å². The van der Waals surface area contributed by atoms with Crippen LogP contribution in [0.4, 0.5) is 8.78 Å². The molecule has 0 aliphatic carbocycles. The van der Waals surface area contributed by atoms with Gasteiger partial charge in [0.15, 0.2) is 0 Å². The topological polar surface area (TPSA) is 17.1 Å². The number of hydrogen-bond acceptors (Lipinski definition) is 2. The monoisotopic (exact) mass is 312 g/mol. The van der Waals surface area contributed by atoms with E-state index in [1.54, 1.807) is 12.1 Å². The predicted molar refractivity (Wildman–Crippen MR) is 77.2 cm³/mol. The van der Waals surface area contributed by atoms with E-state index in [-0.39, 0.29) is 23.5 Å². The van der Waals surface area contributed by atoms with Gasteiger partial charge in [-0.2, -0.15) is 0 Å². The smallest absolute Gasteiger partial charge is 0.147 e. The van der Waals surface area contributed by atoms with Crippen molar-refractivity contribution in [1.82, 2.24) is 0 Å². The van der Waals surface area contributed by atoms with Crippen LogP contribution in [-0.2, 0) is 11.2 Å². The maximum absolute atomic E-state index is 13.4. The Morgan fingerprint density at radius 1 is 1.15 bits per heavy atom. The van der Waals surface area contributed by atoms with Crippen LogP contribution < -0.4 is 0 Å². The third-order valence-electron chi connectivity index (χ3n) is 2.62. The Kier molecular flexibility index (Phi) is 5.15. The zero-order chi connectivity index (χ0) is 14.5. The summed E-state index contributed by atoms with van der Waals surface area (Å²) in [6.07, 6.45) is -0.124. The van der Waals surface area contributed by atoms with Crippen molar-refractivity contribution in [3.63, 3.8) is 0 Å². The number of thioether (sulfide) groups is 1. The minimum Gasteiger partial charge on any atom is -0.298 e. The highest BCUT2D eigenvalue weighted by Crippen LogP contribution is 2.26. The summed E-state index contributed by atoms with van der Waals surface area (Å²) >= 11 is 7.26. The molecular formula is C15H11ClF2OS. The van der Waals surface area contributed by atoms with E-state index in [9.17, 15) is 13.6 Å². The maximum Gasteiger partial charge on any atom is 0.147 e. The van der Waals surface area contributed by atoms with Gasteiger partial charge in [0.1, 0.15) is 17.4 Å². The standard InChI is InChI=1S/C15H11ClF2OS/c16-13-3-1-2-4-15(13)20-9-12(19)8-10-7-11(17)5-6-14(10)18/h1-7H,8-9H2. The first kappa shape index (κ1) is 15.0. The van der Waals surface area contributed by atoms with Crippen LogP contribution in [0, 0.1) is 11.6 Å². The highest BCUT2D eigenvalue weighted by Gasteiger charge is 2.11. The van der Waals surface area contributed by atoms with Crippen LogP contribution in [0.1, 0.15) is 5.56 Å². The van der Waals surface area contributed by atoms with Crippen molar-refractivity contribution in [1.29, 1.82) is 0 Å². The molecule has 2 rings (SSSR count). The van der Waals surface area contributed by atoms with Gasteiger partial charge in [0.2, 0.25) is 0 Å². The first-order valence-corrected chi connectivity index (χ1v) is 7.25. The molecule has 0 aliphatic rings. The summed E-state index contributed by atoms with van der Waals surface area (Å²) in [6, 6.07) is 10.3. The normalized spacial score (nSPS) is 10.6. The predicted octanol–water partition coefficient (Wildman–Crippen LogP) is 4.52. The van der Waals surface area contributed by atoms with E-state index in [4.69, 9.17) is 11.6 Å². The Hall–Kier alpha value is -1.39. The van der Waals surface area contributed by atoms with Crippen LogP contribution in [0.5, 0.6) is 0 Å². The fourth-order valence-corrected chi connectivity index (χ4v) is 2.76. The van der Waals surface area contributed by atoms with Crippen LogP contribution >= 0.6 is 23.4 Å². The number of rotatable bonds is 5. The summed E-state index contributed by atoms with van der Waals surface area (Å²) in [6.45, 7) is 0. The van der Waals surface area contributed by atoms with Gasteiger partial charge in [0.25, 0.3) is 0 Å². The molecule has 0 bridgehead atoms. The van der Waals surface area contributed by atoms with Crippen molar-refractivity contribution in [2.75, 3.05) is 5.75 Å². The molecule has 2 aromatic carbocycles. The Morgan fingerprint density at radius 2 is 1.90 bits per heavy atom. The molecule has 0 atom stereocenters. The summed E-state index contributed by atoms with van der Waals surface area (Å²) in [5.74, 6) is -1.13. The van der Waals surface area contributed by atoms with Crippen LogP contribution in [-0.4, -0.2) is 11.5 Å². The molecule has 0 amide bonds. The minimum absolute atomic E-state index is 0.0785. The molecule has 0 saturated heterocycles. The Bertz CT molecular complexity index is 631. The second-order valence-corrected chi connectivity index (χ2v) is 5.59. The van der Waals surface area contributed by atoms with E-state index >= 15 is 0 Å². The van der Waals surface area contributed by atoms with Gasteiger partial charge in [-0.1, -0.05) is 23.7 Å². The Balaban J connectivity index is 1.96. The second kappa shape index (κ2) is 6.86. The number of carbonyl (C=O) groups excluding carboxylic acids is 1. The van der Waals surface area contributed by atoms with E-state index in [1.165, 1.54) is 11.8 Å². The van der Waals surface area contributed by atoms with E-state index in [1.807, 2.05) is 12.1 Å². The van der Waals surface area contributed by atoms with E-state index in [0.29, 0.717) is 5.02 Å². The molecule has 0 heterocycles. The maximum atomic E-state index is 13.4. The highest BCUT2D eigenvalue weighted by atomic mass is 35.5. The molecular weight excluding hydrogens is 302 g/mol. The average Bonchev–Trinajstić information content (AvgIpc) is 2.42. The number of carbonyl (C=O) groups is 1. The van der Waals surface area contributed by atoms with Gasteiger partial charge in [-0.25, -0.2) is 8.78 Å². The lowest BCUT2D eigenvalue weighted by Crippen LogP contribution is -2.07. The van der Waals surface area contributed by atoms with Gasteiger partial charge >= 0.3 is 0 Å². The lowest BCUT2D eigenvalue weighted by atomic mass is 10.1. The lowest BCUT2D eigenvalue weighted by Gasteiger charge is -2.05. The molecule has 0 N–H and O–H groups in total. The van der Waals surface area contributed by atoms with Crippen molar-refractivity contribution in [2.45, 2.75) is 11.3 Å². The highest BCUT2D eigenvalue weighted by molar-refractivity contribution is 8.00. The SMILES string of the molecule is O=C(CSc1ccccc1Cl)Cc1cc(F)ccc1F. The molecule has 0 spiro atoms. The van der Waals surface area contributed by atoms with Gasteiger partial charge in [-0.05, 0) is 35.9 Å². The Morgan fingerprint density at radius 3 is 2.65 bits per heavy atom. The summed E-state index contributed by atoms with van der Waals surface area (Å²) in [7, 11) is 0. The first-order chi connectivity index (χ1) is 9.56. The number of ketones is 1.